The second-order valence-corrected chi connectivity index (χ2v) is 7.56. The van der Waals surface area contributed by atoms with Crippen molar-refractivity contribution in [1.29, 1.82) is 0 Å². The van der Waals surface area contributed by atoms with Gasteiger partial charge in [-0.3, -0.25) is 19.5 Å². The molecule has 1 heterocycles. The quantitative estimate of drug-likeness (QED) is 0.355. The molecule has 8 nitrogen and oxygen atoms in total. The number of carbonyl (C=O) groups is 1. The Morgan fingerprint density at radius 1 is 1.24 bits per heavy atom. The summed E-state index contributed by atoms with van der Waals surface area (Å²) in [6.45, 7) is 2.01. The maximum absolute atomic E-state index is 13.0. The SMILES string of the molecule is CCCC(NC(=O)CCCn1c(=O)oc2cc([N+](=O)[O-])ccc21)c1cccc(C(F)(F)F)c1. The van der Waals surface area contributed by atoms with Gasteiger partial charge in [-0.1, -0.05) is 25.5 Å². The van der Waals surface area contributed by atoms with Crippen molar-refractivity contribution >= 4 is 22.7 Å². The van der Waals surface area contributed by atoms with Gasteiger partial charge in [-0.25, -0.2) is 4.79 Å². The summed E-state index contributed by atoms with van der Waals surface area (Å²) in [6.07, 6.45) is -3.05. The molecule has 1 unspecified atom stereocenters. The van der Waals surface area contributed by atoms with E-state index in [4.69, 9.17) is 4.42 Å². The maximum Gasteiger partial charge on any atom is 0.419 e. The molecule has 33 heavy (non-hydrogen) atoms. The van der Waals surface area contributed by atoms with Crippen LogP contribution >= 0.6 is 0 Å². The van der Waals surface area contributed by atoms with E-state index >= 15 is 0 Å². The van der Waals surface area contributed by atoms with Crippen LogP contribution in [0.15, 0.2) is 51.7 Å². The fraction of sp³-hybridized carbons (Fsp3) is 0.364. The average Bonchev–Trinajstić information content (AvgIpc) is 3.07. The van der Waals surface area contributed by atoms with Gasteiger partial charge in [-0.2, -0.15) is 13.2 Å². The molecular weight excluding hydrogens is 443 g/mol. The first kappa shape index (κ1) is 24.0. The van der Waals surface area contributed by atoms with Crippen molar-refractivity contribution in [3.63, 3.8) is 0 Å². The molecule has 3 aromatic rings. The number of hydrogen-bond acceptors (Lipinski definition) is 5. The lowest BCUT2D eigenvalue weighted by molar-refractivity contribution is -0.384. The molecule has 0 saturated carbocycles. The Bertz CT molecular complexity index is 1220. The van der Waals surface area contributed by atoms with Crippen molar-refractivity contribution in [1.82, 2.24) is 9.88 Å². The second kappa shape index (κ2) is 9.88. The summed E-state index contributed by atoms with van der Waals surface area (Å²) in [5.74, 6) is -1.05. The van der Waals surface area contributed by atoms with Crippen molar-refractivity contribution in [2.24, 2.45) is 0 Å². The highest BCUT2D eigenvalue weighted by atomic mass is 19.4. The Hall–Kier alpha value is -3.63. The molecule has 0 bridgehead atoms. The number of halogens is 3. The van der Waals surface area contributed by atoms with E-state index < -0.39 is 28.5 Å². The molecule has 1 amide bonds. The number of amides is 1. The van der Waals surface area contributed by atoms with E-state index in [1.165, 1.54) is 22.8 Å². The van der Waals surface area contributed by atoms with Crippen molar-refractivity contribution in [3.05, 3.63) is 74.3 Å². The van der Waals surface area contributed by atoms with Crippen LogP contribution in [0.1, 0.15) is 49.8 Å². The monoisotopic (exact) mass is 465 g/mol. The molecule has 3 rings (SSSR count). The number of aryl methyl sites for hydroxylation is 1. The van der Waals surface area contributed by atoms with E-state index in [1.54, 1.807) is 6.07 Å². The van der Waals surface area contributed by atoms with Crippen molar-refractivity contribution in [3.8, 4) is 0 Å². The summed E-state index contributed by atoms with van der Waals surface area (Å²) in [7, 11) is 0. The summed E-state index contributed by atoms with van der Waals surface area (Å²) >= 11 is 0. The van der Waals surface area contributed by atoms with Gasteiger partial charge in [0.25, 0.3) is 5.69 Å². The number of nitrogens with zero attached hydrogens (tertiary/aromatic N) is 2. The van der Waals surface area contributed by atoms with Crippen molar-refractivity contribution in [2.75, 3.05) is 0 Å². The number of alkyl halides is 3. The number of aromatic nitrogens is 1. The van der Waals surface area contributed by atoms with Gasteiger partial charge in [0.2, 0.25) is 5.91 Å². The number of fused-ring (bicyclic) bond motifs is 1. The van der Waals surface area contributed by atoms with Crippen LogP contribution in [-0.4, -0.2) is 15.4 Å². The fourth-order valence-corrected chi connectivity index (χ4v) is 3.59. The normalized spacial score (nSPS) is 12.6. The Morgan fingerprint density at radius 3 is 2.67 bits per heavy atom. The molecule has 1 aromatic heterocycles. The predicted octanol–water partition coefficient (Wildman–Crippen LogP) is 4.96. The number of nitro groups is 1. The zero-order valence-corrected chi connectivity index (χ0v) is 17.7. The molecule has 0 radical (unpaired) electrons. The zero-order chi connectivity index (χ0) is 24.2. The Balaban J connectivity index is 1.65. The number of hydrogen-bond donors (Lipinski definition) is 1. The van der Waals surface area contributed by atoms with Gasteiger partial charge in [0, 0.05) is 19.0 Å². The summed E-state index contributed by atoms with van der Waals surface area (Å²) in [5.41, 5.74) is -0.162. The molecular formula is C22H22F3N3O5. The van der Waals surface area contributed by atoms with Crippen LogP contribution in [0.3, 0.4) is 0 Å². The topological polar surface area (TPSA) is 107 Å². The van der Waals surface area contributed by atoms with E-state index in [0.717, 1.165) is 18.2 Å². The number of benzene rings is 2. The average molecular weight is 465 g/mol. The number of rotatable bonds is 9. The number of nitro benzene ring substituents is 1. The van der Waals surface area contributed by atoms with Crippen molar-refractivity contribution < 1.29 is 27.3 Å². The lowest BCUT2D eigenvalue weighted by atomic mass is 9.99. The van der Waals surface area contributed by atoms with Crippen LogP contribution in [0.25, 0.3) is 11.1 Å². The Kier molecular flexibility index (Phi) is 7.19. The van der Waals surface area contributed by atoms with Crippen LogP contribution in [0.2, 0.25) is 0 Å². The number of non-ortho nitro benzene ring substituents is 1. The van der Waals surface area contributed by atoms with Crippen LogP contribution in [0.4, 0.5) is 18.9 Å². The smallest absolute Gasteiger partial charge is 0.407 e. The molecule has 0 aliphatic heterocycles. The van der Waals surface area contributed by atoms with Gasteiger partial charge in [-0.15, -0.1) is 0 Å². The van der Waals surface area contributed by atoms with E-state index in [0.29, 0.717) is 23.9 Å². The standard InChI is InChI=1S/C22H22F3N3O5/c1-2-5-17(14-6-3-7-15(12-14)22(23,24)25)26-20(29)8-4-11-27-18-10-9-16(28(31)32)13-19(18)33-21(27)30/h3,6-7,9-10,12-13,17H,2,4-5,8,11H2,1H3,(H,26,29). The Labute approximate surface area is 186 Å². The first-order chi connectivity index (χ1) is 15.6. The summed E-state index contributed by atoms with van der Waals surface area (Å²) in [6, 6.07) is 8.13. The van der Waals surface area contributed by atoms with E-state index in [9.17, 15) is 32.9 Å². The predicted molar refractivity (Wildman–Crippen MR) is 114 cm³/mol. The van der Waals surface area contributed by atoms with Gasteiger partial charge in [0.05, 0.1) is 28.1 Å². The number of nitrogens with one attached hydrogen (secondary N) is 1. The molecule has 2 aromatic carbocycles. The highest BCUT2D eigenvalue weighted by molar-refractivity contribution is 5.77. The van der Waals surface area contributed by atoms with Gasteiger partial charge < -0.3 is 9.73 Å². The third-order valence-corrected chi connectivity index (χ3v) is 5.18. The van der Waals surface area contributed by atoms with Crippen molar-refractivity contribution in [2.45, 2.75) is 51.4 Å². The Morgan fingerprint density at radius 2 is 2.00 bits per heavy atom. The minimum Gasteiger partial charge on any atom is -0.407 e. The molecule has 0 saturated heterocycles. The van der Waals surface area contributed by atoms with Gasteiger partial charge in [0.1, 0.15) is 0 Å². The van der Waals surface area contributed by atoms with Crippen LogP contribution in [0.5, 0.6) is 0 Å². The fourth-order valence-electron chi connectivity index (χ4n) is 3.59. The van der Waals surface area contributed by atoms with Crippen LogP contribution in [-0.2, 0) is 17.5 Å². The lowest BCUT2D eigenvalue weighted by Crippen LogP contribution is -2.29. The minimum atomic E-state index is -4.47. The summed E-state index contributed by atoms with van der Waals surface area (Å²) in [4.78, 5) is 34.8. The van der Waals surface area contributed by atoms with E-state index in [2.05, 4.69) is 5.32 Å². The third kappa shape index (κ3) is 5.79. The van der Waals surface area contributed by atoms with Crippen LogP contribution in [0, 0.1) is 10.1 Å². The van der Waals surface area contributed by atoms with Crippen LogP contribution < -0.4 is 11.1 Å². The molecule has 0 fully saturated rings. The highest BCUT2D eigenvalue weighted by Gasteiger charge is 2.31. The molecule has 0 spiro atoms. The highest BCUT2D eigenvalue weighted by Crippen LogP contribution is 2.31. The molecule has 1 atom stereocenters. The first-order valence-electron chi connectivity index (χ1n) is 10.3. The van der Waals surface area contributed by atoms with Gasteiger partial charge >= 0.3 is 11.9 Å². The first-order valence-corrected chi connectivity index (χ1v) is 10.3. The van der Waals surface area contributed by atoms with Gasteiger partial charge in [0.15, 0.2) is 5.58 Å². The van der Waals surface area contributed by atoms with Gasteiger partial charge in [-0.05, 0) is 36.6 Å². The molecule has 11 heteroatoms. The molecule has 0 aliphatic carbocycles. The summed E-state index contributed by atoms with van der Waals surface area (Å²) < 4.78 is 45.4. The summed E-state index contributed by atoms with van der Waals surface area (Å²) in [5, 5.41) is 13.6. The second-order valence-electron chi connectivity index (χ2n) is 7.56. The molecule has 1 N–H and O–H groups in total. The largest absolute Gasteiger partial charge is 0.419 e. The minimum absolute atomic E-state index is 0.0330. The maximum atomic E-state index is 13.0. The number of oxazole rings is 1. The zero-order valence-electron chi connectivity index (χ0n) is 17.7. The van der Waals surface area contributed by atoms with E-state index in [1.807, 2.05) is 6.92 Å². The van der Waals surface area contributed by atoms with E-state index in [-0.39, 0.29) is 36.6 Å². The molecule has 0 aliphatic rings. The number of carbonyl (C=O) groups excluding carboxylic acids is 1. The third-order valence-electron chi connectivity index (χ3n) is 5.18. The molecule has 176 valence electrons. The lowest BCUT2D eigenvalue weighted by Gasteiger charge is -2.20.